The minimum Gasteiger partial charge on any atom is -0.296 e. The van der Waals surface area contributed by atoms with E-state index in [9.17, 15) is 9.59 Å². The predicted molar refractivity (Wildman–Crippen MR) is 84.8 cm³/mol. The molecule has 3 heterocycles. The van der Waals surface area contributed by atoms with Crippen molar-refractivity contribution in [3.8, 4) is 0 Å². The van der Waals surface area contributed by atoms with Crippen molar-refractivity contribution in [3.63, 3.8) is 0 Å². The Labute approximate surface area is 134 Å². The molecule has 1 amide bonds. The van der Waals surface area contributed by atoms with Gasteiger partial charge in [-0.25, -0.2) is 9.97 Å². The molecule has 3 aromatic rings. The molecule has 9 nitrogen and oxygen atoms in total. The molecule has 10 heteroatoms. The first-order valence-corrected chi connectivity index (χ1v) is 7.97. The number of aromatic amines is 1. The second kappa shape index (κ2) is 6.24. The van der Waals surface area contributed by atoms with E-state index < -0.39 is 11.5 Å². The van der Waals surface area contributed by atoms with Crippen molar-refractivity contribution in [2.75, 3.05) is 5.32 Å². The monoisotopic (exact) mass is 333 g/mol. The summed E-state index contributed by atoms with van der Waals surface area (Å²) in [6.07, 6.45) is 4.59. The summed E-state index contributed by atoms with van der Waals surface area (Å²) in [6, 6.07) is 0. The number of amides is 1. The summed E-state index contributed by atoms with van der Waals surface area (Å²) in [5, 5.41) is 14.5. The summed E-state index contributed by atoms with van der Waals surface area (Å²) in [7, 11) is 0. The van der Waals surface area contributed by atoms with Crippen LogP contribution in [-0.2, 0) is 0 Å². The van der Waals surface area contributed by atoms with E-state index >= 15 is 0 Å². The van der Waals surface area contributed by atoms with Gasteiger partial charge in [-0.2, -0.15) is 4.52 Å². The van der Waals surface area contributed by atoms with Crippen molar-refractivity contribution >= 4 is 28.2 Å². The molecular weight excluding hydrogens is 318 g/mol. The van der Waals surface area contributed by atoms with E-state index in [0.29, 0.717) is 5.13 Å². The molecule has 0 spiro atoms. The Morgan fingerprint density at radius 1 is 1.43 bits per heavy atom. The molecule has 0 saturated carbocycles. The lowest BCUT2D eigenvalue weighted by molar-refractivity contribution is 0.102. The van der Waals surface area contributed by atoms with Gasteiger partial charge >= 0.3 is 0 Å². The van der Waals surface area contributed by atoms with Crippen molar-refractivity contribution in [3.05, 3.63) is 33.4 Å². The normalized spacial score (nSPS) is 12.4. The Kier molecular flexibility index (Phi) is 4.15. The molecule has 0 unspecified atom stereocenters. The van der Waals surface area contributed by atoms with Crippen LogP contribution in [0.5, 0.6) is 0 Å². The van der Waals surface area contributed by atoms with E-state index in [0.717, 1.165) is 22.4 Å². The molecule has 3 rings (SSSR count). The number of carbonyl (C=O) groups excluding carboxylic acids is 1. The average Bonchev–Trinajstić information content (AvgIpc) is 3.17. The Morgan fingerprint density at radius 2 is 2.26 bits per heavy atom. The Balaban J connectivity index is 1.81. The summed E-state index contributed by atoms with van der Waals surface area (Å²) in [5.74, 6) is -0.0766. The van der Waals surface area contributed by atoms with E-state index in [4.69, 9.17) is 0 Å². The molecule has 0 bridgehead atoms. The van der Waals surface area contributed by atoms with Crippen molar-refractivity contribution < 1.29 is 4.79 Å². The molecular formula is C13H15N7O2S. The van der Waals surface area contributed by atoms with E-state index in [2.05, 4.69) is 44.4 Å². The van der Waals surface area contributed by atoms with Crippen LogP contribution >= 0.6 is 11.3 Å². The number of aromatic nitrogens is 6. The van der Waals surface area contributed by atoms with E-state index in [1.165, 1.54) is 23.9 Å². The van der Waals surface area contributed by atoms with Crippen molar-refractivity contribution in [2.45, 2.75) is 32.6 Å². The minimum atomic E-state index is -0.572. The number of hydrogen-bond acceptors (Lipinski definition) is 7. The molecule has 0 aliphatic heterocycles. The second-order valence-corrected chi connectivity index (χ2v) is 6.10. The zero-order valence-corrected chi connectivity index (χ0v) is 13.4. The van der Waals surface area contributed by atoms with Crippen LogP contribution < -0.4 is 10.9 Å². The fourth-order valence-corrected chi connectivity index (χ4v) is 2.98. The molecule has 0 aliphatic rings. The Morgan fingerprint density at radius 3 is 3.04 bits per heavy atom. The van der Waals surface area contributed by atoms with Gasteiger partial charge in [-0.05, 0) is 6.42 Å². The van der Waals surface area contributed by atoms with E-state index in [1.54, 1.807) is 0 Å². The smallest absolute Gasteiger partial charge is 0.286 e. The van der Waals surface area contributed by atoms with Crippen LogP contribution in [0, 0.1) is 0 Å². The SMILES string of the molecule is CCC[C@@H](C)c1nnc(NC(=O)c2cnc3nc[nH]n3c2=O)s1. The number of anilines is 1. The van der Waals surface area contributed by atoms with Gasteiger partial charge in [0, 0.05) is 12.1 Å². The Bertz CT molecular complexity index is 897. The molecule has 0 fully saturated rings. The fourth-order valence-electron chi connectivity index (χ4n) is 2.16. The lowest BCUT2D eigenvalue weighted by Crippen LogP contribution is -2.26. The zero-order chi connectivity index (χ0) is 16.4. The van der Waals surface area contributed by atoms with Gasteiger partial charge in [-0.1, -0.05) is 31.6 Å². The van der Waals surface area contributed by atoms with Gasteiger partial charge < -0.3 is 0 Å². The second-order valence-electron chi connectivity index (χ2n) is 5.09. The fraction of sp³-hybridized carbons (Fsp3) is 0.385. The number of fused-ring (bicyclic) bond motifs is 1. The van der Waals surface area contributed by atoms with Gasteiger partial charge in [0.25, 0.3) is 17.2 Å². The van der Waals surface area contributed by atoms with Crippen LogP contribution in [0.1, 0.15) is 48.0 Å². The van der Waals surface area contributed by atoms with Gasteiger partial charge in [0.05, 0.1) is 0 Å². The van der Waals surface area contributed by atoms with Crippen LogP contribution in [0.15, 0.2) is 17.3 Å². The highest BCUT2D eigenvalue weighted by Gasteiger charge is 2.17. The molecule has 120 valence electrons. The largest absolute Gasteiger partial charge is 0.296 e. The van der Waals surface area contributed by atoms with Gasteiger partial charge in [-0.3, -0.25) is 20.0 Å². The third kappa shape index (κ3) is 2.97. The van der Waals surface area contributed by atoms with Crippen LogP contribution in [-0.4, -0.2) is 35.7 Å². The molecule has 23 heavy (non-hydrogen) atoms. The van der Waals surface area contributed by atoms with Gasteiger partial charge in [0.1, 0.15) is 16.9 Å². The standard InChI is InChI=1S/C13H15N7O2S/c1-3-4-7(2)10-18-19-13(23-10)17-9(21)8-5-14-12-15-6-16-20(12)11(8)22/h5-7H,3-4H2,1-2H3,(H,14,15,16)(H,17,19,21)/t7-/m1/s1. The summed E-state index contributed by atoms with van der Waals surface area (Å²) in [5.41, 5.74) is -0.612. The number of H-pyrrole nitrogens is 1. The first-order valence-electron chi connectivity index (χ1n) is 7.16. The molecule has 1 atom stereocenters. The number of carbonyl (C=O) groups is 1. The maximum absolute atomic E-state index is 12.2. The van der Waals surface area contributed by atoms with Crippen LogP contribution in [0.2, 0.25) is 0 Å². The molecule has 0 aromatic carbocycles. The average molecular weight is 333 g/mol. The molecule has 0 radical (unpaired) electrons. The first-order chi connectivity index (χ1) is 11.1. The predicted octanol–water partition coefficient (Wildman–Crippen LogP) is 1.42. The van der Waals surface area contributed by atoms with Crippen LogP contribution in [0.3, 0.4) is 0 Å². The minimum absolute atomic E-state index is 0.0925. The van der Waals surface area contributed by atoms with E-state index in [1.807, 2.05) is 0 Å². The number of nitrogens with zero attached hydrogens (tertiary/aromatic N) is 5. The Hall–Kier alpha value is -2.62. The van der Waals surface area contributed by atoms with Crippen molar-refractivity contribution in [1.82, 2.24) is 29.8 Å². The molecule has 0 saturated heterocycles. The third-order valence-electron chi connectivity index (χ3n) is 3.36. The maximum Gasteiger partial charge on any atom is 0.286 e. The van der Waals surface area contributed by atoms with Crippen molar-refractivity contribution in [2.24, 2.45) is 0 Å². The summed E-state index contributed by atoms with van der Waals surface area (Å²) < 4.78 is 1.10. The molecule has 0 aliphatic carbocycles. The molecule has 3 aromatic heterocycles. The van der Waals surface area contributed by atoms with Crippen molar-refractivity contribution in [1.29, 1.82) is 0 Å². The summed E-state index contributed by atoms with van der Waals surface area (Å²) in [6.45, 7) is 4.17. The quantitative estimate of drug-likeness (QED) is 0.729. The summed E-state index contributed by atoms with van der Waals surface area (Å²) >= 11 is 1.31. The number of nitrogens with one attached hydrogen (secondary N) is 2. The first kappa shape index (κ1) is 15.3. The maximum atomic E-state index is 12.2. The zero-order valence-electron chi connectivity index (χ0n) is 12.6. The van der Waals surface area contributed by atoms with Gasteiger partial charge in [0.15, 0.2) is 0 Å². The van der Waals surface area contributed by atoms with Crippen LogP contribution in [0.25, 0.3) is 5.78 Å². The van der Waals surface area contributed by atoms with Gasteiger partial charge in [-0.15, -0.1) is 10.2 Å². The van der Waals surface area contributed by atoms with Gasteiger partial charge in [0.2, 0.25) is 5.13 Å². The highest BCUT2D eigenvalue weighted by Crippen LogP contribution is 2.26. The molecule has 2 N–H and O–H groups in total. The number of hydrogen-bond donors (Lipinski definition) is 2. The lowest BCUT2D eigenvalue weighted by atomic mass is 10.1. The lowest BCUT2D eigenvalue weighted by Gasteiger charge is -2.03. The van der Waals surface area contributed by atoms with Crippen LogP contribution in [0.4, 0.5) is 5.13 Å². The summed E-state index contributed by atoms with van der Waals surface area (Å²) in [4.78, 5) is 32.2. The van der Waals surface area contributed by atoms with E-state index in [-0.39, 0.29) is 17.3 Å². The topological polar surface area (TPSA) is 118 Å². The number of rotatable bonds is 5. The highest BCUT2D eigenvalue weighted by atomic mass is 32.1. The third-order valence-corrected chi connectivity index (χ3v) is 4.43. The highest BCUT2D eigenvalue weighted by molar-refractivity contribution is 7.15.